The Morgan fingerprint density at radius 2 is 1.91 bits per heavy atom. The van der Waals surface area contributed by atoms with E-state index in [1.54, 1.807) is 35.5 Å². The molecule has 4 heterocycles. The van der Waals surface area contributed by atoms with Crippen molar-refractivity contribution < 1.29 is 9.72 Å². The number of nitrogens with zero attached hydrogens (tertiary/aromatic N) is 7. The normalized spacial score (nSPS) is 14.6. The fraction of sp³-hybridized carbons (Fsp3) is 0.238. The molecule has 0 bridgehead atoms. The molecule has 33 heavy (non-hydrogen) atoms. The molecule has 0 spiro atoms. The smallest absolute Gasteiger partial charge is 0.269 e. The van der Waals surface area contributed by atoms with Crippen molar-refractivity contribution in [3.63, 3.8) is 0 Å². The standard InChI is InChI=1S/C21H19N7O4S/c29-19-11-16(23-21-26(19)9-10-33-21)14-24-5-7-25(8-6-24)20(30)15-12-22-27(13-15)17-1-3-18(4-2-17)28(31)32/h1-4,9-13H,5-8,14H2. The molecule has 0 saturated carbocycles. The molecule has 1 aromatic carbocycles. The summed E-state index contributed by atoms with van der Waals surface area (Å²) in [4.78, 5) is 44.6. The number of hydrogen-bond acceptors (Lipinski definition) is 8. The molecule has 1 saturated heterocycles. The molecule has 0 atom stereocenters. The van der Waals surface area contributed by atoms with Crippen molar-refractivity contribution in [2.75, 3.05) is 26.2 Å². The zero-order chi connectivity index (χ0) is 22.9. The van der Waals surface area contributed by atoms with E-state index in [0.29, 0.717) is 48.9 Å². The van der Waals surface area contributed by atoms with E-state index >= 15 is 0 Å². The maximum absolute atomic E-state index is 12.9. The highest BCUT2D eigenvalue weighted by Gasteiger charge is 2.24. The number of piperazine rings is 1. The highest BCUT2D eigenvalue weighted by atomic mass is 32.1. The third kappa shape index (κ3) is 4.25. The highest BCUT2D eigenvalue weighted by molar-refractivity contribution is 7.15. The van der Waals surface area contributed by atoms with Crippen molar-refractivity contribution in [2.45, 2.75) is 6.54 Å². The van der Waals surface area contributed by atoms with Gasteiger partial charge in [-0.15, -0.1) is 11.3 Å². The van der Waals surface area contributed by atoms with E-state index in [1.165, 1.54) is 38.7 Å². The first-order valence-corrected chi connectivity index (χ1v) is 11.1. The molecule has 1 aliphatic heterocycles. The van der Waals surface area contributed by atoms with Crippen molar-refractivity contribution in [3.05, 3.63) is 86.0 Å². The maximum atomic E-state index is 12.9. The molecule has 1 fully saturated rings. The lowest BCUT2D eigenvalue weighted by Crippen LogP contribution is -2.48. The maximum Gasteiger partial charge on any atom is 0.269 e. The largest absolute Gasteiger partial charge is 0.336 e. The predicted octanol–water partition coefficient (Wildman–Crippen LogP) is 1.81. The van der Waals surface area contributed by atoms with Crippen molar-refractivity contribution in [1.29, 1.82) is 0 Å². The van der Waals surface area contributed by atoms with Crippen LogP contribution in [-0.4, -0.2) is 66.0 Å². The van der Waals surface area contributed by atoms with E-state index in [0.717, 1.165) is 5.69 Å². The van der Waals surface area contributed by atoms with Gasteiger partial charge in [0.15, 0.2) is 4.96 Å². The van der Waals surface area contributed by atoms with Gasteiger partial charge in [0, 0.05) is 68.7 Å². The molecule has 0 aliphatic carbocycles. The molecule has 1 aliphatic rings. The zero-order valence-electron chi connectivity index (χ0n) is 17.4. The Morgan fingerprint density at radius 1 is 1.15 bits per heavy atom. The number of carbonyl (C=O) groups excluding carboxylic acids is 1. The quantitative estimate of drug-likeness (QED) is 0.326. The van der Waals surface area contributed by atoms with Crippen LogP contribution in [0.1, 0.15) is 16.1 Å². The van der Waals surface area contributed by atoms with Gasteiger partial charge in [-0.25, -0.2) is 9.67 Å². The van der Waals surface area contributed by atoms with Crippen LogP contribution in [0, 0.1) is 10.1 Å². The summed E-state index contributed by atoms with van der Waals surface area (Å²) in [5.41, 5.74) is 1.73. The zero-order valence-corrected chi connectivity index (χ0v) is 18.2. The molecule has 12 heteroatoms. The number of rotatable bonds is 5. The Labute approximate surface area is 191 Å². The summed E-state index contributed by atoms with van der Waals surface area (Å²) >= 11 is 1.42. The van der Waals surface area contributed by atoms with Crippen LogP contribution in [0.15, 0.2) is 59.1 Å². The Balaban J connectivity index is 1.21. The highest BCUT2D eigenvalue weighted by Crippen LogP contribution is 2.17. The number of aromatic nitrogens is 4. The minimum absolute atomic E-state index is 0.00387. The fourth-order valence-electron chi connectivity index (χ4n) is 3.79. The number of hydrogen-bond donors (Lipinski definition) is 0. The van der Waals surface area contributed by atoms with Crippen LogP contribution < -0.4 is 5.56 Å². The van der Waals surface area contributed by atoms with Crippen molar-refractivity contribution >= 4 is 27.9 Å². The first kappa shape index (κ1) is 21.0. The third-order valence-electron chi connectivity index (χ3n) is 5.56. The lowest BCUT2D eigenvalue weighted by atomic mass is 10.2. The molecular weight excluding hydrogens is 446 g/mol. The van der Waals surface area contributed by atoms with Crippen molar-refractivity contribution in [1.82, 2.24) is 29.0 Å². The molecule has 4 aromatic rings. The van der Waals surface area contributed by atoms with Gasteiger partial charge in [0.25, 0.3) is 17.2 Å². The number of amides is 1. The first-order valence-electron chi connectivity index (χ1n) is 10.2. The summed E-state index contributed by atoms with van der Waals surface area (Å²) in [5, 5.41) is 16.9. The number of carbonyl (C=O) groups is 1. The van der Waals surface area contributed by atoms with Crippen LogP contribution in [0.2, 0.25) is 0 Å². The van der Waals surface area contributed by atoms with E-state index in [1.807, 2.05) is 5.38 Å². The number of non-ortho nitro benzene ring substituents is 1. The van der Waals surface area contributed by atoms with E-state index in [9.17, 15) is 19.7 Å². The molecule has 0 radical (unpaired) electrons. The van der Waals surface area contributed by atoms with Crippen LogP contribution >= 0.6 is 11.3 Å². The van der Waals surface area contributed by atoms with Crippen molar-refractivity contribution in [2.24, 2.45) is 0 Å². The topological polar surface area (TPSA) is 119 Å². The van der Waals surface area contributed by atoms with E-state index in [2.05, 4.69) is 15.0 Å². The van der Waals surface area contributed by atoms with Crippen LogP contribution in [0.25, 0.3) is 10.6 Å². The Hall–Kier alpha value is -3.90. The molecule has 3 aromatic heterocycles. The molecule has 5 rings (SSSR count). The number of thiazole rings is 1. The molecule has 168 valence electrons. The summed E-state index contributed by atoms with van der Waals surface area (Å²) in [5.74, 6) is -0.112. The Kier molecular flexibility index (Phi) is 5.44. The molecule has 0 unspecified atom stereocenters. The van der Waals surface area contributed by atoms with E-state index in [4.69, 9.17) is 0 Å². The monoisotopic (exact) mass is 465 g/mol. The summed E-state index contributed by atoms with van der Waals surface area (Å²) in [7, 11) is 0. The summed E-state index contributed by atoms with van der Waals surface area (Å²) in [6.45, 7) is 3.02. The van der Waals surface area contributed by atoms with Crippen LogP contribution in [0.3, 0.4) is 0 Å². The second-order valence-corrected chi connectivity index (χ2v) is 8.53. The summed E-state index contributed by atoms with van der Waals surface area (Å²) in [6.07, 6.45) is 4.85. The van der Waals surface area contributed by atoms with Gasteiger partial charge >= 0.3 is 0 Å². The minimum atomic E-state index is -0.462. The molecule has 11 nitrogen and oxygen atoms in total. The summed E-state index contributed by atoms with van der Waals surface area (Å²) in [6, 6.07) is 7.54. The van der Waals surface area contributed by atoms with Gasteiger partial charge in [-0.05, 0) is 12.1 Å². The summed E-state index contributed by atoms with van der Waals surface area (Å²) < 4.78 is 3.06. The molecule has 0 N–H and O–H groups in total. The Bertz CT molecular complexity index is 1380. The van der Waals surface area contributed by atoms with Crippen LogP contribution in [-0.2, 0) is 6.54 Å². The van der Waals surface area contributed by atoms with Crippen LogP contribution in [0.5, 0.6) is 0 Å². The van der Waals surface area contributed by atoms with Gasteiger partial charge < -0.3 is 4.90 Å². The molecular formula is C21H19N7O4S. The Morgan fingerprint density at radius 3 is 2.64 bits per heavy atom. The van der Waals surface area contributed by atoms with Gasteiger partial charge in [0.1, 0.15) is 0 Å². The lowest BCUT2D eigenvalue weighted by Gasteiger charge is -2.34. The van der Waals surface area contributed by atoms with Gasteiger partial charge in [-0.1, -0.05) is 0 Å². The fourth-order valence-corrected chi connectivity index (χ4v) is 4.53. The van der Waals surface area contributed by atoms with E-state index in [-0.39, 0.29) is 17.2 Å². The van der Waals surface area contributed by atoms with Gasteiger partial charge in [0.2, 0.25) is 0 Å². The van der Waals surface area contributed by atoms with Gasteiger partial charge in [-0.3, -0.25) is 29.0 Å². The van der Waals surface area contributed by atoms with Gasteiger partial charge in [0.05, 0.1) is 28.1 Å². The predicted molar refractivity (Wildman–Crippen MR) is 121 cm³/mol. The average molecular weight is 465 g/mol. The van der Waals surface area contributed by atoms with Crippen LogP contribution in [0.4, 0.5) is 5.69 Å². The van der Waals surface area contributed by atoms with Crippen molar-refractivity contribution in [3.8, 4) is 5.69 Å². The number of nitro benzene ring substituents is 1. The SMILES string of the molecule is O=C(c1cnn(-c2ccc([N+](=O)[O-])cc2)c1)N1CCN(Cc2cc(=O)n3ccsc3n2)CC1. The lowest BCUT2D eigenvalue weighted by molar-refractivity contribution is -0.384. The first-order chi connectivity index (χ1) is 16.0. The second kappa shape index (κ2) is 8.56. The number of benzene rings is 1. The third-order valence-corrected chi connectivity index (χ3v) is 6.31. The van der Waals surface area contributed by atoms with E-state index < -0.39 is 4.92 Å². The van der Waals surface area contributed by atoms with Gasteiger partial charge in [-0.2, -0.15) is 5.10 Å². The minimum Gasteiger partial charge on any atom is -0.336 e. The number of nitro groups is 1. The number of fused-ring (bicyclic) bond motifs is 1. The second-order valence-electron chi connectivity index (χ2n) is 7.66. The average Bonchev–Trinajstić information content (AvgIpc) is 3.49. The molecule has 1 amide bonds.